The van der Waals surface area contributed by atoms with Gasteiger partial charge in [-0.25, -0.2) is 4.98 Å². The maximum Gasteiger partial charge on any atom is 0.411 e. The van der Waals surface area contributed by atoms with Gasteiger partial charge in [0.05, 0.1) is 6.61 Å². The van der Waals surface area contributed by atoms with Crippen molar-refractivity contribution in [3.05, 3.63) is 21.7 Å². The average Bonchev–Trinajstić information content (AvgIpc) is 2.71. The molecule has 0 atom stereocenters. The van der Waals surface area contributed by atoms with Crippen LogP contribution < -0.4 is 0 Å². The van der Waals surface area contributed by atoms with Crippen molar-refractivity contribution in [3.63, 3.8) is 0 Å². The zero-order chi connectivity index (χ0) is 13.2. The molecule has 1 aromatic heterocycles. The number of halogens is 3. The van der Waals surface area contributed by atoms with Crippen LogP contribution in [0.15, 0.2) is 0 Å². The third-order valence-electron chi connectivity index (χ3n) is 2.76. The standard InChI is InChI=1S/C11H13F3N2OS/c12-11(13,14)6-17-5-4-9-15-8-3-1-2-7(8)10(18)16-9/h1-6H2,(H,15,16,18). The third-order valence-corrected chi connectivity index (χ3v) is 3.09. The van der Waals surface area contributed by atoms with E-state index in [0.29, 0.717) is 16.9 Å². The lowest BCUT2D eigenvalue weighted by Crippen LogP contribution is -2.18. The summed E-state index contributed by atoms with van der Waals surface area (Å²) in [5.41, 5.74) is 2.14. The molecule has 0 fully saturated rings. The van der Waals surface area contributed by atoms with E-state index in [1.807, 2.05) is 0 Å². The molecule has 1 heterocycles. The summed E-state index contributed by atoms with van der Waals surface area (Å²) in [5, 5.41) is 0. The number of fused-ring (bicyclic) bond motifs is 1. The summed E-state index contributed by atoms with van der Waals surface area (Å²) in [4.78, 5) is 7.30. The molecule has 0 amide bonds. The molecule has 2 rings (SSSR count). The van der Waals surface area contributed by atoms with E-state index < -0.39 is 12.8 Å². The molecule has 0 saturated carbocycles. The Morgan fingerprint density at radius 3 is 2.83 bits per heavy atom. The van der Waals surface area contributed by atoms with E-state index in [0.717, 1.165) is 30.5 Å². The fraction of sp³-hybridized carbons (Fsp3) is 0.636. The maximum atomic E-state index is 11.9. The van der Waals surface area contributed by atoms with Crippen molar-refractivity contribution < 1.29 is 17.9 Å². The molecule has 0 bridgehead atoms. The lowest BCUT2D eigenvalue weighted by Gasteiger charge is -2.08. The molecule has 0 spiro atoms. The fourth-order valence-electron chi connectivity index (χ4n) is 1.98. The van der Waals surface area contributed by atoms with E-state index in [1.54, 1.807) is 0 Å². The van der Waals surface area contributed by atoms with Gasteiger partial charge in [-0.05, 0) is 19.3 Å². The number of rotatable bonds is 4. The Hall–Kier alpha value is -0.950. The van der Waals surface area contributed by atoms with Crippen molar-refractivity contribution in [1.82, 2.24) is 9.97 Å². The summed E-state index contributed by atoms with van der Waals surface area (Å²) in [6.45, 7) is -1.24. The predicted molar refractivity (Wildman–Crippen MR) is 62.0 cm³/mol. The van der Waals surface area contributed by atoms with Crippen LogP contribution in [-0.4, -0.2) is 29.4 Å². The topological polar surface area (TPSA) is 37.9 Å². The number of hydrogen-bond donors (Lipinski definition) is 1. The fourth-order valence-corrected chi connectivity index (χ4v) is 2.32. The molecule has 0 saturated heterocycles. The highest BCUT2D eigenvalue weighted by atomic mass is 32.1. The van der Waals surface area contributed by atoms with E-state index in [2.05, 4.69) is 14.7 Å². The van der Waals surface area contributed by atoms with Gasteiger partial charge in [0.2, 0.25) is 0 Å². The van der Waals surface area contributed by atoms with Crippen LogP contribution in [0.4, 0.5) is 13.2 Å². The van der Waals surface area contributed by atoms with Crippen LogP contribution in [0.1, 0.15) is 23.5 Å². The van der Waals surface area contributed by atoms with Crippen molar-refractivity contribution in [2.45, 2.75) is 31.9 Å². The number of hydrogen-bond acceptors (Lipinski definition) is 3. The first-order valence-electron chi connectivity index (χ1n) is 5.71. The minimum Gasteiger partial charge on any atom is -0.372 e. The first kappa shape index (κ1) is 13.5. The van der Waals surface area contributed by atoms with Gasteiger partial charge < -0.3 is 9.72 Å². The van der Waals surface area contributed by atoms with Crippen molar-refractivity contribution in [1.29, 1.82) is 0 Å². The number of H-pyrrole nitrogens is 1. The lowest BCUT2D eigenvalue weighted by molar-refractivity contribution is -0.173. The molecule has 18 heavy (non-hydrogen) atoms. The van der Waals surface area contributed by atoms with Crippen LogP contribution in [0.5, 0.6) is 0 Å². The summed E-state index contributed by atoms with van der Waals surface area (Å²) in [6, 6.07) is 0. The van der Waals surface area contributed by atoms with Gasteiger partial charge in [-0.1, -0.05) is 12.2 Å². The van der Waals surface area contributed by atoms with Gasteiger partial charge in [-0.3, -0.25) is 0 Å². The van der Waals surface area contributed by atoms with Gasteiger partial charge >= 0.3 is 6.18 Å². The van der Waals surface area contributed by atoms with Gasteiger partial charge in [0.1, 0.15) is 17.1 Å². The van der Waals surface area contributed by atoms with Crippen LogP contribution >= 0.6 is 12.2 Å². The number of aromatic amines is 1. The summed E-state index contributed by atoms with van der Waals surface area (Å²) in [7, 11) is 0. The summed E-state index contributed by atoms with van der Waals surface area (Å²) in [5.74, 6) is 0.600. The summed E-state index contributed by atoms with van der Waals surface area (Å²) < 4.78 is 40.7. The van der Waals surface area contributed by atoms with Gasteiger partial charge in [-0.2, -0.15) is 13.2 Å². The second kappa shape index (κ2) is 5.36. The Morgan fingerprint density at radius 1 is 1.33 bits per heavy atom. The minimum atomic E-state index is -4.28. The second-order valence-corrected chi connectivity index (χ2v) is 4.60. The van der Waals surface area contributed by atoms with Crippen LogP contribution in [0.2, 0.25) is 0 Å². The molecule has 0 unspecified atom stereocenters. The van der Waals surface area contributed by atoms with E-state index in [1.165, 1.54) is 0 Å². The molecular formula is C11H13F3N2OS. The zero-order valence-corrected chi connectivity index (χ0v) is 10.5. The van der Waals surface area contributed by atoms with E-state index >= 15 is 0 Å². The number of nitrogens with one attached hydrogen (secondary N) is 1. The molecule has 0 aromatic carbocycles. The third kappa shape index (κ3) is 3.52. The van der Waals surface area contributed by atoms with Crippen LogP contribution in [0.25, 0.3) is 0 Å². The van der Waals surface area contributed by atoms with Crippen molar-refractivity contribution in [2.75, 3.05) is 13.2 Å². The quantitative estimate of drug-likeness (QED) is 0.680. The molecule has 100 valence electrons. The number of alkyl halides is 3. The predicted octanol–water partition coefficient (Wildman–Crippen LogP) is 2.75. The van der Waals surface area contributed by atoms with E-state index in [-0.39, 0.29) is 6.61 Å². The molecular weight excluding hydrogens is 265 g/mol. The number of ether oxygens (including phenoxy) is 1. The van der Waals surface area contributed by atoms with Gasteiger partial charge in [-0.15, -0.1) is 0 Å². The molecule has 3 nitrogen and oxygen atoms in total. The number of aromatic nitrogens is 2. The molecule has 1 aliphatic rings. The van der Waals surface area contributed by atoms with Crippen molar-refractivity contribution in [3.8, 4) is 0 Å². The van der Waals surface area contributed by atoms with E-state index in [4.69, 9.17) is 12.2 Å². The molecule has 1 N–H and O–H groups in total. The maximum absolute atomic E-state index is 11.9. The Kier molecular flexibility index (Phi) is 4.01. The normalized spacial score (nSPS) is 14.8. The van der Waals surface area contributed by atoms with Crippen molar-refractivity contribution in [2.24, 2.45) is 0 Å². The molecule has 7 heteroatoms. The largest absolute Gasteiger partial charge is 0.411 e. The first-order valence-corrected chi connectivity index (χ1v) is 6.12. The summed E-state index contributed by atoms with van der Waals surface area (Å²) >= 11 is 5.15. The van der Waals surface area contributed by atoms with Crippen LogP contribution in [-0.2, 0) is 24.0 Å². The zero-order valence-electron chi connectivity index (χ0n) is 9.64. The van der Waals surface area contributed by atoms with Gasteiger partial charge in [0.15, 0.2) is 0 Å². The Morgan fingerprint density at radius 2 is 2.11 bits per heavy atom. The SMILES string of the molecule is FC(F)(F)COCCc1nc(=S)c2c([nH]1)CCC2. The van der Waals surface area contributed by atoms with Gasteiger partial charge in [0.25, 0.3) is 0 Å². The second-order valence-electron chi connectivity index (χ2n) is 4.22. The molecule has 0 aliphatic heterocycles. The Labute approximate surface area is 107 Å². The smallest absolute Gasteiger partial charge is 0.372 e. The van der Waals surface area contributed by atoms with Crippen LogP contribution in [0, 0.1) is 4.64 Å². The highest BCUT2D eigenvalue weighted by Crippen LogP contribution is 2.20. The highest BCUT2D eigenvalue weighted by molar-refractivity contribution is 7.71. The minimum absolute atomic E-state index is 0.0173. The highest BCUT2D eigenvalue weighted by Gasteiger charge is 2.27. The first-order chi connectivity index (χ1) is 8.46. The van der Waals surface area contributed by atoms with E-state index in [9.17, 15) is 13.2 Å². The monoisotopic (exact) mass is 278 g/mol. The molecule has 1 aliphatic carbocycles. The lowest BCUT2D eigenvalue weighted by atomic mass is 10.2. The molecule has 0 radical (unpaired) electrons. The Bertz CT molecular complexity index is 484. The van der Waals surface area contributed by atoms with Crippen LogP contribution in [0.3, 0.4) is 0 Å². The number of aryl methyl sites for hydroxylation is 1. The summed E-state index contributed by atoms with van der Waals surface area (Å²) in [6.07, 6.45) is -1.06. The number of nitrogens with zero attached hydrogens (tertiary/aromatic N) is 1. The van der Waals surface area contributed by atoms with Crippen molar-refractivity contribution >= 4 is 12.2 Å². The average molecular weight is 278 g/mol. The Balaban J connectivity index is 1.91. The molecule has 1 aromatic rings. The van der Waals surface area contributed by atoms with Gasteiger partial charge in [0, 0.05) is 17.7 Å².